The van der Waals surface area contributed by atoms with Crippen molar-refractivity contribution < 1.29 is 4.74 Å². The molecule has 2 rings (SSSR count). The zero-order valence-corrected chi connectivity index (χ0v) is 10.5. The first-order chi connectivity index (χ1) is 7.18. The highest BCUT2D eigenvalue weighted by molar-refractivity contribution is 9.10. The zero-order valence-electron chi connectivity index (χ0n) is 8.87. The Bertz CT molecular complexity index is 355. The molecule has 0 saturated carbocycles. The van der Waals surface area contributed by atoms with Crippen molar-refractivity contribution in [2.45, 2.75) is 18.9 Å². The maximum absolute atomic E-state index is 5.90. The highest BCUT2D eigenvalue weighted by Crippen LogP contribution is 2.42. The lowest BCUT2D eigenvalue weighted by molar-refractivity contribution is -0.00850. The van der Waals surface area contributed by atoms with Crippen LogP contribution >= 0.6 is 15.9 Å². The van der Waals surface area contributed by atoms with Gasteiger partial charge in [-0.15, -0.1) is 0 Å². The van der Waals surface area contributed by atoms with Gasteiger partial charge in [0.05, 0.1) is 5.60 Å². The maximum atomic E-state index is 5.90. The fourth-order valence-electron chi connectivity index (χ4n) is 2.31. The van der Waals surface area contributed by atoms with Crippen molar-refractivity contribution in [2.24, 2.45) is 11.7 Å². The second-order valence-corrected chi connectivity index (χ2v) is 5.01. The lowest BCUT2D eigenvalue weighted by Gasteiger charge is -2.31. The van der Waals surface area contributed by atoms with Crippen LogP contribution in [0.4, 0.5) is 0 Å². The number of rotatable bonds is 2. The van der Waals surface area contributed by atoms with Gasteiger partial charge in [0.2, 0.25) is 0 Å². The Morgan fingerprint density at radius 1 is 1.53 bits per heavy atom. The summed E-state index contributed by atoms with van der Waals surface area (Å²) in [5.74, 6) is 0.413. The van der Waals surface area contributed by atoms with E-state index >= 15 is 0 Å². The second kappa shape index (κ2) is 4.24. The highest BCUT2D eigenvalue weighted by atomic mass is 79.9. The lowest BCUT2D eigenvalue weighted by atomic mass is 9.83. The van der Waals surface area contributed by atoms with Crippen LogP contribution in [0.2, 0.25) is 0 Å². The first kappa shape index (κ1) is 11.1. The molecule has 1 aliphatic heterocycles. The van der Waals surface area contributed by atoms with Gasteiger partial charge in [-0.1, -0.05) is 34.1 Å². The number of ether oxygens (including phenoxy) is 1. The molecule has 2 N–H and O–H groups in total. The number of hydrogen-bond donors (Lipinski definition) is 1. The minimum atomic E-state index is -0.227. The topological polar surface area (TPSA) is 35.2 Å². The van der Waals surface area contributed by atoms with Gasteiger partial charge in [-0.25, -0.2) is 0 Å². The van der Waals surface area contributed by atoms with Crippen LogP contribution in [0.5, 0.6) is 0 Å². The van der Waals surface area contributed by atoms with Crippen LogP contribution in [0.1, 0.15) is 18.9 Å². The predicted octanol–water partition coefficient (Wildman–Crippen LogP) is 2.66. The third-order valence-corrected chi connectivity index (χ3v) is 4.03. The molecule has 2 atom stereocenters. The fourth-order valence-corrected chi connectivity index (χ4v) is 2.99. The van der Waals surface area contributed by atoms with Crippen molar-refractivity contribution in [2.75, 3.05) is 13.2 Å². The summed E-state index contributed by atoms with van der Waals surface area (Å²) in [7, 11) is 0. The summed E-state index contributed by atoms with van der Waals surface area (Å²) in [6.45, 7) is 3.62. The summed E-state index contributed by atoms with van der Waals surface area (Å²) < 4.78 is 7.01. The van der Waals surface area contributed by atoms with Gasteiger partial charge in [0.25, 0.3) is 0 Å². The van der Waals surface area contributed by atoms with Crippen molar-refractivity contribution in [3.8, 4) is 0 Å². The summed E-state index contributed by atoms with van der Waals surface area (Å²) in [6.07, 6.45) is 1.05. The van der Waals surface area contributed by atoms with Gasteiger partial charge < -0.3 is 10.5 Å². The summed E-state index contributed by atoms with van der Waals surface area (Å²) >= 11 is 3.58. The van der Waals surface area contributed by atoms with E-state index in [0.717, 1.165) is 17.5 Å². The molecule has 82 valence electrons. The zero-order chi connectivity index (χ0) is 10.9. The SMILES string of the molecule is CC1(c2ccccc2Br)OCCC1CN. The average molecular weight is 270 g/mol. The molecule has 0 amide bonds. The fraction of sp³-hybridized carbons (Fsp3) is 0.500. The van der Waals surface area contributed by atoms with E-state index in [1.54, 1.807) is 0 Å². The number of hydrogen-bond acceptors (Lipinski definition) is 2. The van der Waals surface area contributed by atoms with E-state index in [4.69, 9.17) is 10.5 Å². The molecule has 0 spiro atoms. The Labute approximate surface area is 98.9 Å². The molecule has 15 heavy (non-hydrogen) atoms. The molecule has 0 aliphatic carbocycles. The molecule has 1 heterocycles. The Balaban J connectivity index is 2.40. The molecule has 0 aromatic heterocycles. The highest BCUT2D eigenvalue weighted by Gasteiger charge is 2.41. The number of halogens is 1. The number of benzene rings is 1. The summed E-state index contributed by atoms with van der Waals surface area (Å²) in [5.41, 5.74) is 6.78. The molecule has 2 unspecified atom stereocenters. The van der Waals surface area contributed by atoms with Crippen LogP contribution in [0.15, 0.2) is 28.7 Å². The Kier molecular flexibility index (Phi) is 3.14. The van der Waals surface area contributed by atoms with Crippen LogP contribution in [0.3, 0.4) is 0 Å². The van der Waals surface area contributed by atoms with Gasteiger partial charge in [-0.3, -0.25) is 0 Å². The lowest BCUT2D eigenvalue weighted by Crippen LogP contribution is -2.33. The van der Waals surface area contributed by atoms with E-state index in [-0.39, 0.29) is 5.60 Å². The largest absolute Gasteiger partial charge is 0.370 e. The monoisotopic (exact) mass is 269 g/mol. The maximum Gasteiger partial charge on any atom is 0.0955 e. The smallest absolute Gasteiger partial charge is 0.0955 e. The summed E-state index contributed by atoms with van der Waals surface area (Å²) in [4.78, 5) is 0. The predicted molar refractivity (Wildman–Crippen MR) is 64.6 cm³/mol. The van der Waals surface area contributed by atoms with Gasteiger partial charge in [0, 0.05) is 17.0 Å². The molecule has 2 nitrogen and oxygen atoms in total. The van der Waals surface area contributed by atoms with Gasteiger partial charge >= 0.3 is 0 Å². The number of nitrogens with two attached hydrogens (primary N) is 1. The van der Waals surface area contributed by atoms with E-state index < -0.39 is 0 Å². The molecule has 1 fully saturated rings. The van der Waals surface area contributed by atoms with Crippen molar-refractivity contribution in [1.82, 2.24) is 0 Å². The molecular formula is C12H16BrNO. The quantitative estimate of drug-likeness (QED) is 0.896. The Morgan fingerprint density at radius 2 is 2.27 bits per heavy atom. The third kappa shape index (κ3) is 1.84. The third-order valence-electron chi connectivity index (χ3n) is 3.34. The molecule has 1 aromatic carbocycles. The molecule has 1 saturated heterocycles. The van der Waals surface area contributed by atoms with Crippen LogP contribution in [0, 0.1) is 5.92 Å². The summed E-state index contributed by atoms with van der Waals surface area (Å²) in [5, 5.41) is 0. The van der Waals surface area contributed by atoms with Crippen molar-refractivity contribution >= 4 is 15.9 Å². The van der Waals surface area contributed by atoms with E-state index in [9.17, 15) is 0 Å². The van der Waals surface area contributed by atoms with Crippen molar-refractivity contribution in [3.63, 3.8) is 0 Å². The van der Waals surface area contributed by atoms with Gasteiger partial charge in [-0.05, 0) is 31.5 Å². The van der Waals surface area contributed by atoms with Crippen molar-refractivity contribution in [3.05, 3.63) is 34.3 Å². The van der Waals surface area contributed by atoms with E-state index in [1.165, 1.54) is 5.56 Å². The van der Waals surface area contributed by atoms with E-state index in [0.29, 0.717) is 12.5 Å². The van der Waals surface area contributed by atoms with Gasteiger partial charge in [-0.2, -0.15) is 0 Å². The summed E-state index contributed by atoms with van der Waals surface area (Å²) in [6, 6.07) is 8.22. The minimum absolute atomic E-state index is 0.227. The van der Waals surface area contributed by atoms with Crippen LogP contribution < -0.4 is 5.73 Å². The minimum Gasteiger partial charge on any atom is -0.370 e. The Morgan fingerprint density at radius 3 is 2.93 bits per heavy atom. The first-order valence-corrected chi connectivity index (χ1v) is 6.07. The first-order valence-electron chi connectivity index (χ1n) is 5.27. The van der Waals surface area contributed by atoms with E-state index in [1.807, 2.05) is 12.1 Å². The molecular weight excluding hydrogens is 254 g/mol. The molecule has 0 bridgehead atoms. The van der Waals surface area contributed by atoms with Crippen molar-refractivity contribution in [1.29, 1.82) is 0 Å². The van der Waals surface area contributed by atoms with Crippen LogP contribution in [-0.2, 0) is 10.3 Å². The van der Waals surface area contributed by atoms with E-state index in [2.05, 4.69) is 35.0 Å². The average Bonchev–Trinajstić information content (AvgIpc) is 2.61. The standard InChI is InChI=1S/C12H16BrNO/c1-12(9(8-14)6-7-15-12)10-4-2-3-5-11(10)13/h2-5,9H,6-8,14H2,1H3. The van der Waals surface area contributed by atoms with Gasteiger partial charge in [0.15, 0.2) is 0 Å². The van der Waals surface area contributed by atoms with Crippen LogP contribution in [0.25, 0.3) is 0 Å². The molecule has 1 aromatic rings. The van der Waals surface area contributed by atoms with Gasteiger partial charge in [0.1, 0.15) is 0 Å². The molecule has 3 heteroatoms. The molecule has 1 aliphatic rings. The Hall–Kier alpha value is -0.380. The normalized spacial score (nSPS) is 30.7. The van der Waals surface area contributed by atoms with Crippen LogP contribution in [-0.4, -0.2) is 13.2 Å². The molecule has 0 radical (unpaired) electrons. The second-order valence-electron chi connectivity index (χ2n) is 4.16.